The highest BCUT2D eigenvalue weighted by Crippen LogP contribution is 2.29. The molecule has 0 bridgehead atoms. The molecule has 0 atom stereocenters. The summed E-state index contributed by atoms with van der Waals surface area (Å²) in [5, 5.41) is 9.00. The molecule has 0 N–H and O–H groups in total. The minimum absolute atomic E-state index is 0.539. The first-order valence-electron chi connectivity index (χ1n) is 4.86. The summed E-state index contributed by atoms with van der Waals surface area (Å²) in [5.41, 5.74) is 2.18. The van der Waals surface area contributed by atoms with Crippen LogP contribution in [0.4, 0.5) is 0 Å². The Morgan fingerprint density at radius 1 is 1.12 bits per heavy atom. The Labute approximate surface area is 98.9 Å². The Morgan fingerprint density at radius 3 is 2.50 bits per heavy atom. The van der Waals surface area contributed by atoms with Gasteiger partial charge in [-0.25, -0.2) is 0 Å². The van der Waals surface area contributed by atoms with Crippen LogP contribution in [0.2, 0.25) is 0 Å². The predicted octanol–water partition coefficient (Wildman–Crippen LogP) is 2.87. The first kappa shape index (κ1) is 11.0. The maximum Gasteiger partial charge on any atom is 0.233 e. The largest absolute Gasteiger partial charge is 0.480 e. The number of thioether (sulfide) groups is 1. The Hall–Kier alpha value is -1.55. The predicted molar refractivity (Wildman–Crippen MR) is 65.8 cm³/mol. The summed E-state index contributed by atoms with van der Waals surface area (Å²) >= 11 is 1.58. The minimum Gasteiger partial charge on any atom is -0.480 e. The van der Waals surface area contributed by atoms with Crippen LogP contribution in [0, 0.1) is 0 Å². The van der Waals surface area contributed by atoms with Gasteiger partial charge in [-0.15, -0.1) is 22.0 Å². The molecule has 1 heterocycles. The Kier molecular flexibility index (Phi) is 3.41. The summed E-state index contributed by atoms with van der Waals surface area (Å²) in [6.45, 7) is 0. The second kappa shape index (κ2) is 4.99. The lowest BCUT2D eigenvalue weighted by Crippen LogP contribution is -1.94. The molecular weight excluding hydrogens is 220 g/mol. The lowest BCUT2D eigenvalue weighted by Gasteiger charge is -2.07. The van der Waals surface area contributed by atoms with Crippen molar-refractivity contribution in [2.24, 2.45) is 0 Å². The van der Waals surface area contributed by atoms with E-state index in [9.17, 15) is 0 Å². The molecule has 0 radical (unpaired) electrons. The van der Waals surface area contributed by atoms with Crippen molar-refractivity contribution in [1.82, 2.24) is 10.2 Å². The number of benzene rings is 1. The molecule has 0 saturated carbocycles. The highest BCUT2D eigenvalue weighted by Gasteiger charge is 2.08. The molecule has 3 nitrogen and oxygen atoms in total. The van der Waals surface area contributed by atoms with E-state index >= 15 is 0 Å². The second-order valence-electron chi connectivity index (χ2n) is 3.18. The normalized spacial score (nSPS) is 10.1. The molecular formula is C12H12N2OS. The van der Waals surface area contributed by atoms with E-state index in [1.807, 2.05) is 30.5 Å². The van der Waals surface area contributed by atoms with E-state index < -0.39 is 0 Å². The van der Waals surface area contributed by atoms with Gasteiger partial charge in [0.2, 0.25) is 5.88 Å². The molecule has 1 aromatic carbocycles. The third-order valence-corrected chi connectivity index (χ3v) is 2.91. The molecule has 0 aliphatic rings. The molecule has 2 aromatic rings. The van der Waals surface area contributed by atoms with Gasteiger partial charge in [0.05, 0.1) is 7.11 Å². The van der Waals surface area contributed by atoms with Crippen molar-refractivity contribution in [1.29, 1.82) is 0 Å². The van der Waals surface area contributed by atoms with Crippen LogP contribution in [0.25, 0.3) is 11.1 Å². The van der Waals surface area contributed by atoms with Crippen LogP contribution < -0.4 is 4.74 Å². The molecule has 2 rings (SSSR count). The molecule has 0 amide bonds. The maximum atomic E-state index is 5.09. The van der Waals surface area contributed by atoms with Gasteiger partial charge in [-0.3, -0.25) is 0 Å². The number of hydrogen-bond acceptors (Lipinski definition) is 4. The van der Waals surface area contributed by atoms with Crippen LogP contribution in [0.15, 0.2) is 41.4 Å². The fraction of sp³-hybridized carbons (Fsp3) is 0.167. The minimum atomic E-state index is 0.539. The highest BCUT2D eigenvalue weighted by molar-refractivity contribution is 7.98. The smallest absolute Gasteiger partial charge is 0.233 e. The fourth-order valence-corrected chi connectivity index (χ4v) is 1.96. The first-order chi connectivity index (χ1) is 7.85. The van der Waals surface area contributed by atoms with Crippen LogP contribution in [-0.4, -0.2) is 23.6 Å². The van der Waals surface area contributed by atoms with Crippen molar-refractivity contribution in [3.8, 4) is 17.0 Å². The average Bonchev–Trinajstić information content (AvgIpc) is 2.39. The zero-order chi connectivity index (χ0) is 11.4. The van der Waals surface area contributed by atoms with E-state index in [0.717, 1.165) is 16.2 Å². The second-order valence-corrected chi connectivity index (χ2v) is 3.97. The lowest BCUT2D eigenvalue weighted by atomic mass is 10.1. The SMILES string of the molecule is COc1cc(-c2ccccc2)c(SC)nn1. The Bertz CT molecular complexity index is 474. The Balaban J connectivity index is 2.53. The molecule has 1 aromatic heterocycles. The lowest BCUT2D eigenvalue weighted by molar-refractivity contribution is 0.390. The summed E-state index contributed by atoms with van der Waals surface area (Å²) < 4.78 is 5.09. The number of hydrogen-bond donors (Lipinski definition) is 0. The number of ether oxygens (including phenoxy) is 1. The third-order valence-electron chi connectivity index (χ3n) is 2.22. The van der Waals surface area contributed by atoms with Gasteiger partial charge < -0.3 is 4.74 Å². The van der Waals surface area contributed by atoms with E-state index in [0.29, 0.717) is 5.88 Å². The summed E-state index contributed by atoms with van der Waals surface area (Å²) in [6.07, 6.45) is 1.99. The van der Waals surface area contributed by atoms with Crippen LogP contribution in [0.3, 0.4) is 0 Å². The molecule has 0 fully saturated rings. The highest BCUT2D eigenvalue weighted by atomic mass is 32.2. The Morgan fingerprint density at radius 2 is 1.88 bits per heavy atom. The van der Waals surface area contributed by atoms with Crippen LogP contribution in [0.1, 0.15) is 0 Å². The zero-order valence-corrected chi connectivity index (χ0v) is 9.99. The number of methoxy groups -OCH3 is 1. The number of nitrogens with zero attached hydrogens (tertiary/aromatic N) is 2. The topological polar surface area (TPSA) is 35.0 Å². The molecule has 0 aliphatic heterocycles. The van der Waals surface area contributed by atoms with Gasteiger partial charge in [0, 0.05) is 11.6 Å². The van der Waals surface area contributed by atoms with Gasteiger partial charge in [0.15, 0.2) is 0 Å². The molecule has 0 spiro atoms. The van der Waals surface area contributed by atoms with Crippen molar-refractivity contribution >= 4 is 11.8 Å². The molecule has 4 heteroatoms. The zero-order valence-electron chi connectivity index (χ0n) is 9.18. The summed E-state index contributed by atoms with van der Waals surface area (Å²) in [5.74, 6) is 0.539. The molecule has 0 saturated heterocycles. The summed E-state index contributed by atoms with van der Waals surface area (Å²) in [6, 6.07) is 12.0. The summed E-state index contributed by atoms with van der Waals surface area (Å²) in [4.78, 5) is 0. The third kappa shape index (κ3) is 2.17. The van der Waals surface area contributed by atoms with E-state index in [2.05, 4.69) is 22.3 Å². The fourth-order valence-electron chi connectivity index (χ4n) is 1.44. The average molecular weight is 232 g/mol. The summed E-state index contributed by atoms with van der Waals surface area (Å²) in [7, 11) is 1.59. The van der Waals surface area contributed by atoms with Gasteiger partial charge in [0.25, 0.3) is 0 Å². The molecule has 0 unspecified atom stereocenters. The van der Waals surface area contributed by atoms with Crippen LogP contribution in [0.5, 0.6) is 5.88 Å². The standard InChI is InChI=1S/C12H12N2OS/c1-15-11-8-10(12(16-2)14-13-11)9-6-4-3-5-7-9/h3-8H,1-2H3. The van der Waals surface area contributed by atoms with Crippen molar-refractivity contribution in [3.63, 3.8) is 0 Å². The van der Waals surface area contributed by atoms with Crippen LogP contribution in [-0.2, 0) is 0 Å². The monoisotopic (exact) mass is 232 g/mol. The van der Waals surface area contributed by atoms with Gasteiger partial charge >= 0.3 is 0 Å². The van der Waals surface area contributed by atoms with Crippen molar-refractivity contribution < 1.29 is 4.74 Å². The van der Waals surface area contributed by atoms with Crippen molar-refractivity contribution in [2.45, 2.75) is 5.03 Å². The van der Waals surface area contributed by atoms with Crippen molar-refractivity contribution in [2.75, 3.05) is 13.4 Å². The van der Waals surface area contributed by atoms with E-state index in [-0.39, 0.29) is 0 Å². The quantitative estimate of drug-likeness (QED) is 0.762. The van der Waals surface area contributed by atoms with Gasteiger partial charge in [-0.2, -0.15) is 0 Å². The van der Waals surface area contributed by atoms with E-state index in [4.69, 9.17) is 4.74 Å². The van der Waals surface area contributed by atoms with Crippen LogP contribution >= 0.6 is 11.8 Å². The maximum absolute atomic E-state index is 5.09. The van der Waals surface area contributed by atoms with Gasteiger partial charge in [-0.1, -0.05) is 30.3 Å². The van der Waals surface area contributed by atoms with E-state index in [1.165, 1.54) is 0 Å². The van der Waals surface area contributed by atoms with Crippen molar-refractivity contribution in [3.05, 3.63) is 36.4 Å². The molecule has 82 valence electrons. The molecule has 0 aliphatic carbocycles. The van der Waals surface area contributed by atoms with Gasteiger partial charge in [0.1, 0.15) is 5.03 Å². The van der Waals surface area contributed by atoms with Gasteiger partial charge in [-0.05, 0) is 11.8 Å². The first-order valence-corrected chi connectivity index (χ1v) is 6.08. The molecule has 16 heavy (non-hydrogen) atoms. The van der Waals surface area contributed by atoms with E-state index in [1.54, 1.807) is 18.9 Å². The number of rotatable bonds is 3. The number of aromatic nitrogens is 2.